The Morgan fingerprint density at radius 1 is 1.25 bits per heavy atom. The van der Waals surface area contributed by atoms with Crippen molar-refractivity contribution in [1.82, 2.24) is 0 Å². The van der Waals surface area contributed by atoms with Gasteiger partial charge in [0.25, 0.3) is 0 Å². The highest BCUT2D eigenvalue weighted by atomic mass is 16.7. The van der Waals surface area contributed by atoms with E-state index < -0.39 is 5.60 Å². The fourth-order valence-corrected chi connectivity index (χ4v) is 4.00. The maximum atomic E-state index is 12.3. The normalized spacial score (nSPS) is 37.5. The van der Waals surface area contributed by atoms with E-state index in [0.717, 1.165) is 38.0 Å². The maximum Gasteiger partial charge on any atom is 0.341 e. The molecule has 1 saturated heterocycles. The highest BCUT2D eigenvalue weighted by Gasteiger charge is 2.73. The second-order valence-electron chi connectivity index (χ2n) is 7.49. The highest BCUT2D eigenvalue weighted by Crippen LogP contribution is 2.59. The molecule has 1 aliphatic carbocycles. The smallest absolute Gasteiger partial charge is 0.341 e. The molecule has 1 heterocycles. The molecule has 0 aromatic heterocycles. The summed E-state index contributed by atoms with van der Waals surface area (Å²) in [6.07, 6.45) is 6.30. The lowest BCUT2D eigenvalue weighted by Crippen LogP contribution is -2.35. The number of rotatable bonds is 3. The van der Waals surface area contributed by atoms with E-state index in [4.69, 9.17) is 9.47 Å². The Kier molecular flexibility index (Phi) is 4.21. The first-order valence-electron chi connectivity index (χ1n) is 8.19. The van der Waals surface area contributed by atoms with Crippen LogP contribution in [0.5, 0.6) is 0 Å². The van der Waals surface area contributed by atoms with Crippen molar-refractivity contribution in [2.45, 2.75) is 84.3 Å². The molecule has 3 atom stereocenters. The lowest BCUT2D eigenvalue weighted by molar-refractivity contribution is -0.149. The van der Waals surface area contributed by atoms with Crippen molar-refractivity contribution in [3.63, 3.8) is 0 Å². The molecule has 0 radical (unpaired) electrons. The predicted molar refractivity (Wildman–Crippen MR) is 79.5 cm³/mol. The Bertz CT molecular complexity index is 371. The summed E-state index contributed by atoms with van der Waals surface area (Å²) in [4.78, 5) is 12.3. The fourth-order valence-electron chi connectivity index (χ4n) is 4.00. The van der Waals surface area contributed by atoms with Crippen LogP contribution in [0.4, 0.5) is 0 Å². The topological polar surface area (TPSA) is 38.8 Å². The molecule has 1 spiro atoms. The zero-order chi connectivity index (χ0) is 15.0. The molecule has 3 nitrogen and oxygen atoms in total. The van der Waals surface area contributed by atoms with Gasteiger partial charge in [0.05, 0.1) is 6.61 Å². The standard InChI is InChI=1S/C17H30O3/c1-6-17(14(18)19-7-2)16(20-17)11-8-9-13(10-12-16)15(3,4)5/h13H,6-12H2,1-5H3. The van der Waals surface area contributed by atoms with Gasteiger partial charge in [0.15, 0.2) is 5.60 Å². The van der Waals surface area contributed by atoms with Crippen molar-refractivity contribution in [2.75, 3.05) is 6.61 Å². The third kappa shape index (κ3) is 2.49. The Hall–Kier alpha value is -0.570. The van der Waals surface area contributed by atoms with Gasteiger partial charge in [-0.1, -0.05) is 34.1 Å². The molecule has 0 N–H and O–H groups in total. The summed E-state index contributed by atoms with van der Waals surface area (Å²) in [6, 6.07) is 0. The van der Waals surface area contributed by atoms with Crippen molar-refractivity contribution < 1.29 is 14.3 Å². The molecule has 1 aliphatic heterocycles. The van der Waals surface area contributed by atoms with Crippen LogP contribution in [-0.4, -0.2) is 23.8 Å². The van der Waals surface area contributed by atoms with E-state index in [0.29, 0.717) is 12.0 Å². The van der Waals surface area contributed by atoms with Crippen LogP contribution < -0.4 is 0 Å². The van der Waals surface area contributed by atoms with Gasteiger partial charge in [0, 0.05) is 0 Å². The molecule has 0 aromatic rings. The largest absolute Gasteiger partial charge is 0.464 e. The van der Waals surface area contributed by atoms with Gasteiger partial charge in [-0.2, -0.15) is 0 Å². The summed E-state index contributed by atoms with van der Waals surface area (Å²) in [5.74, 6) is 0.583. The lowest BCUT2D eigenvalue weighted by Gasteiger charge is -2.29. The second-order valence-corrected chi connectivity index (χ2v) is 7.49. The van der Waals surface area contributed by atoms with Crippen molar-refractivity contribution >= 4 is 5.97 Å². The Morgan fingerprint density at radius 3 is 2.50 bits per heavy atom. The van der Waals surface area contributed by atoms with Gasteiger partial charge < -0.3 is 9.47 Å². The first-order chi connectivity index (χ1) is 9.31. The van der Waals surface area contributed by atoms with Crippen LogP contribution in [0.1, 0.15) is 73.1 Å². The van der Waals surface area contributed by atoms with Crippen molar-refractivity contribution in [3.8, 4) is 0 Å². The minimum atomic E-state index is -0.643. The van der Waals surface area contributed by atoms with Crippen LogP contribution in [-0.2, 0) is 14.3 Å². The second kappa shape index (κ2) is 5.32. The molecule has 3 heteroatoms. The molecule has 20 heavy (non-hydrogen) atoms. The number of esters is 1. The van der Waals surface area contributed by atoms with Crippen molar-refractivity contribution in [3.05, 3.63) is 0 Å². The van der Waals surface area contributed by atoms with Crippen LogP contribution in [0.15, 0.2) is 0 Å². The molecule has 2 fully saturated rings. The predicted octanol–water partition coefficient (Wildman–Crippen LogP) is 4.09. The number of carbonyl (C=O) groups excluding carboxylic acids is 1. The summed E-state index contributed by atoms with van der Waals surface area (Å²) >= 11 is 0. The Balaban J connectivity index is 2.09. The molecule has 1 saturated carbocycles. The number of hydrogen-bond acceptors (Lipinski definition) is 3. The summed E-state index contributed by atoms with van der Waals surface area (Å²) < 4.78 is 11.3. The Morgan fingerprint density at radius 2 is 1.95 bits per heavy atom. The van der Waals surface area contributed by atoms with Crippen LogP contribution in [0.3, 0.4) is 0 Å². The zero-order valence-corrected chi connectivity index (χ0v) is 13.8. The van der Waals surface area contributed by atoms with Gasteiger partial charge in [0.1, 0.15) is 5.60 Å². The summed E-state index contributed by atoms with van der Waals surface area (Å²) in [6.45, 7) is 11.3. The van der Waals surface area contributed by atoms with E-state index in [1.165, 1.54) is 6.42 Å². The number of hydrogen-bond donors (Lipinski definition) is 0. The quantitative estimate of drug-likeness (QED) is 0.578. The van der Waals surface area contributed by atoms with Crippen molar-refractivity contribution in [1.29, 1.82) is 0 Å². The SMILES string of the molecule is CCOC(=O)C1(CC)OC12CCCC(C(C)(C)C)CC2. The van der Waals surface area contributed by atoms with E-state index in [-0.39, 0.29) is 11.6 Å². The van der Waals surface area contributed by atoms with Crippen LogP contribution in [0.25, 0.3) is 0 Å². The van der Waals surface area contributed by atoms with E-state index in [1.807, 2.05) is 13.8 Å². The zero-order valence-electron chi connectivity index (χ0n) is 13.8. The third-order valence-electron chi connectivity index (χ3n) is 5.42. The first-order valence-corrected chi connectivity index (χ1v) is 8.19. The average Bonchev–Trinajstić information content (AvgIpc) is 3.07. The van der Waals surface area contributed by atoms with Gasteiger partial charge in [-0.05, 0) is 50.4 Å². The van der Waals surface area contributed by atoms with E-state index >= 15 is 0 Å². The number of carbonyl (C=O) groups is 1. The van der Waals surface area contributed by atoms with Gasteiger partial charge >= 0.3 is 5.97 Å². The highest BCUT2D eigenvalue weighted by molar-refractivity contribution is 5.85. The monoisotopic (exact) mass is 282 g/mol. The first kappa shape index (κ1) is 15.8. The van der Waals surface area contributed by atoms with Gasteiger partial charge in [-0.3, -0.25) is 0 Å². The van der Waals surface area contributed by atoms with Gasteiger partial charge in [0.2, 0.25) is 0 Å². The van der Waals surface area contributed by atoms with E-state index in [2.05, 4.69) is 20.8 Å². The van der Waals surface area contributed by atoms with Gasteiger partial charge in [-0.15, -0.1) is 0 Å². The Labute approximate surface area is 123 Å². The summed E-state index contributed by atoms with van der Waals surface area (Å²) in [5.41, 5.74) is -0.525. The molecule has 0 bridgehead atoms. The molecular weight excluding hydrogens is 252 g/mol. The van der Waals surface area contributed by atoms with Crippen LogP contribution >= 0.6 is 0 Å². The number of epoxide rings is 1. The molecular formula is C17H30O3. The molecule has 3 unspecified atom stereocenters. The molecule has 0 aromatic carbocycles. The molecule has 2 aliphatic rings. The van der Waals surface area contributed by atoms with Crippen LogP contribution in [0, 0.1) is 11.3 Å². The fraction of sp³-hybridized carbons (Fsp3) is 0.941. The lowest BCUT2D eigenvalue weighted by atomic mass is 9.76. The minimum Gasteiger partial charge on any atom is -0.464 e. The molecule has 116 valence electrons. The van der Waals surface area contributed by atoms with E-state index in [9.17, 15) is 4.79 Å². The molecule has 2 rings (SSSR count). The third-order valence-corrected chi connectivity index (χ3v) is 5.42. The summed E-state index contributed by atoms with van der Waals surface area (Å²) in [7, 11) is 0. The average molecular weight is 282 g/mol. The van der Waals surface area contributed by atoms with E-state index in [1.54, 1.807) is 0 Å². The van der Waals surface area contributed by atoms with Crippen LogP contribution in [0.2, 0.25) is 0 Å². The van der Waals surface area contributed by atoms with Crippen molar-refractivity contribution in [2.24, 2.45) is 11.3 Å². The molecule has 0 amide bonds. The minimum absolute atomic E-state index is 0.142. The summed E-state index contributed by atoms with van der Waals surface area (Å²) in [5, 5.41) is 0. The number of ether oxygens (including phenoxy) is 2. The maximum absolute atomic E-state index is 12.3. The van der Waals surface area contributed by atoms with Gasteiger partial charge in [-0.25, -0.2) is 4.79 Å².